The van der Waals surface area contributed by atoms with Gasteiger partial charge in [-0.3, -0.25) is 18.9 Å². The SMILES string of the molecule is CNS(=O)(=O)Nc1cccc(Oc2c(C(=O)NC3CC3)c(Nc3ccc(I)cc3F)n(C)c(=O)c2C2CC2)c1Cl. The number of hydrogen-bond acceptors (Lipinski definition) is 6. The van der Waals surface area contributed by atoms with E-state index >= 15 is 0 Å². The van der Waals surface area contributed by atoms with E-state index in [1.165, 1.54) is 49.0 Å². The first-order chi connectivity index (χ1) is 19.0. The van der Waals surface area contributed by atoms with Gasteiger partial charge in [-0.15, -0.1) is 0 Å². The van der Waals surface area contributed by atoms with E-state index in [1.54, 1.807) is 6.07 Å². The number of hydrogen-bond donors (Lipinski definition) is 4. The molecular weight excluding hydrogens is 676 g/mol. The molecule has 40 heavy (non-hydrogen) atoms. The normalized spacial score (nSPS) is 15.0. The van der Waals surface area contributed by atoms with Crippen molar-refractivity contribution < 1.29 is 22.3 Å². The van der Waals surface area contributed by atoms with Crippen LogP contribution in [0.4, 0.5) is 21.6 Å². The Balaban J connectivity index is 1.69. The Morgan fingerprint density at radius 3 is 2.50 bits per heavy atom. The minimum absolute atomic E-state index is 0.00677. The third-order valence-corrected chi connectivity index (χ3v) is 8.66. The summed E-state index contributed by atoms with van der Waals surface area (Å²) < 4.78 is 51.7. The van der Waals surface area contributed by atoms with Gasteiger partial charge in [0, 0.05) is 23.7 Å². The largest absolute Gasteiger partial charge is 0.454 e. The number of carbonyl (C=O) groups is 1. The zero-order valence-corrected chi connectivity index (χ0v) is 25.2. The maximum absolute atomic E-state index is 14.9. The lowest BCUT2D eigenvalue weighted by molar-refractivity contribution is 0.0948. The van der Waals surface area contributed by atoms with Gasteiger partial charge in [-0.1, -0.05) is 17.7 Å². The lowest BCUT2D eigenvalue weighted by atomic mass is 10.1. The average Bonchev–Trinajstić information content (AvgIpc) is 3.83. The molecular formula is C26H26ClFIN5O5S. The quantitative estimate of drug-likeness (QED) is 0.221. The van der Waals surface area contributed by atoms with Gasteiger partial charge in [0.25, 0.3) is 21.7 Å². The molecule has 3 aromatic rings. The highest BCUT2D eigenvalue weighted by atomic mass is 127. The number of nitrogens with one attached hydrogen (secondary N) is 4. The van der Waals surface area contributed by atoms with Gasteiger partial charge in [-0.2, -0.15) is 8.42 Å². The maximum Gasteiger partial charge on any atom is 0.298 e. The van der Waals surface area contributed by atoms with Gasteiger partial charge in [0.2, 0.25) is 0 Å². The summed E-state index contributed by atoms with van der Waals surface area (Å²) in [5.41, 5.74) is 0.0219. The molecule has 0 unspecified atom stereocenters. The van der Waals surface area contributed by atoms with Crippen molar-refractivity contribution in [1.82, 2.24) is 14.6 Å². The van der Waals surface area contributed by atoms with E-state index in [-0.39, 0.29) is 51.2 Å². The molecule has 2 aromatic carbocycles. The molecule has 14 heteroatoms. The minimum atomic E-state index is -3.89. The fraction of sp³-hybridized carbons (Fsp3) is 0.308. The molecule has 5 rings (SSSR count). The van der Waals surface area contributed by atoms with Crippen LogP contribution in [0, 0.1) is 9.39 Å². The van der Waals surface area contributed by atoms with Gasteiger partial charge < -0.3 is 15.4 Å². The van der Waals surface area contributed by atoms with Crippen molar-refractivity contribution >= 4 is 67.5 Å². The summed E-state index contributed by atoms with van der Waals surface area (Å²) in [6.45, 7) is 0. The van der Waals surface area contributed by atoms with E-state index in [4.69, 9.17) is 16.3 Å². The van der Waals surface area contributed by atoms with Crippen LogP contribution in [0.3, 0.4) is 0 Å². The van der Waals surface area contributed by atoms with Crippen LogP contribution in [-0.2, 0) is 17.3 Å². The van der Waals surface area contributed by atoms with Crippen molar-refractivity contribution in [2.24, 2.45) is 7.05 Å². The topological polar surface area (TPSA) is 131 Å². The Labute approximate surface area is 249 Å². The fourth-order valence-electron chi connectivity index (χ4n) is 4.16. The minimum Gasteiger partial charge on any atom is -0.454 e. The summed E-state index contributed by atoms with van der Waals surface area (Å²) in [4.78, 5) is 27.4. The number of carbonyl (C=O) groups excluding carboxylic acids is 1. The maximum atomic E-state index is 14.9. The van der Waals surface area contributed by atoms with E-state index < -0.39 is 27.5 Å². The van der Waals surface area contributed by atoms with Crippen molar-refractivity contribution in [2.45, 2.75) is 37.6 Å². The fourth-order valence-corrected chi connectivity index (χ4v) is 5.44. The summed E-state index contributed by atoms with van der Waals surface area (Å²) >= 11 is 8.53. The molecule has 212 valence electrons. The predicted molar refractivity (Wildman–Crippen MR) is 160 cm³/mol. The van der Waals surface area contributed by atoms with Crippen molar-refractivity contribution in [3.8, 4) is 11.5 Å². The first kappa shape index (κ1) is 28.6. The summed E-state index contributed by atoms with van der Waals surface area (Å²) in [7, 11) is -1.13. The summed E-state index contributed by atoms with van der Waals surface area (Å²) in [5, 5.41) is 5.81. The molecule has 0 bridgehead atoms. The Bertz CT molecular complexity index is 1670. The van der Waals surface area contributed by atoms with Gasteiger partial charge in [-0.25, -0.2) is 9.11 Å². The van der Waals surface area contributed by atoms with Gasteiger partial charge in [0.05, 0.1) is 16.9 Å². The van der Waals surface area contributed by atoms with Crippen LogP contribution in [0.2, 0.25) is 5.02 Å². The molecule has 1 heterocycles. The highest BCUT2D eigenvalue weighted by Gasteiger charge is 2.37. The lowest BCUT2D eigenvalue weighted by Gasteiger charge is -2.23. The molecule has 10 nitrogen and oxygen atoms in total. The van der Waals surface area contributed by atoms with Crippen LogP contribution in [0.25, 0.3) is 0 Å². The third kappa shape index (κ3) is 6.06. The number of halogens is 3. The van der Waals surface area contributed by atoms with E-state index in [2.05, 4.69) is 20.1 Å². The number of rotatable bonds is 10. The molecule has 2 aliphatic carbocycles. The van der Waals surface area contributed by atoms with Crippen molar-refractivity contribution in [3.05, 3.63) is 72.3 Å². The third-order valence-electron chi connectivity index (χ3n) is 6.58. The number of anilines is 3. The van der Waals surface area contributed by atoms with Crippen LogP contribution in [0.15, 0.2) is 41.2 Å². The van der Waals surface area contributed by atoms with Crippen molar-refractivity contribution in [2.75, 3.05) is 17.1 Å². The second-order valence-electron chi connectivity index (χ2n) is 9.63. The van der Waals surface area contributed by atoms with Gasteiger partial charge in [0.15, 0.2) is 5.75 Å². The highest BCUT2D eigenvalue weighted by Crippen LogP contribution is 2.48. The van der Waals surface area contributed by atoms with Crippen molar-refractivity contribution in [1.29, 1.82) is 0 Å². The monoisotopic (exact) mass is 701 g/mol. The molecule has 1 aromatic heterocycles. The Morgan fingerprint density at radius 1 is 1.15 bits per heavy atom. The molecule has 0 radical (unpaired) electrons. The number of benzene rings is 2. The number of ether oxygens (including phenoxy) is 1. The van der Waals surface area contributed by atoms with Gasteiger partial charge >= 0.3 is 0 Å². The van der Waals surface area contributed by atoms with E-state index in [9.17, 15) is 22.4 Å². The molecule has 0 spiro atoms. The summed E-state index contributed by atoms with van der Waals surface area (Å²) in [6, 6.07) is 9.00. The summed E-state index contributed by atoms with van der Waals surface area (Å²) in [5.74, 6) is -1.13. The molecule has 0 saturated heterocycles. The molecule has 2 aliphatic rings. The number of pyridine rings is 1. The lowest BCUT2D eigenvalue weighted by Crippen LogP contribution is -2.32. The van der Waals surface area contributed by atoms with Crippen molar-refractivity contribution in [3.63, 3.8) is 0 Å². The second kappa shape index (κ2) is 11.2. The Kier molecular flexibility index (Phi) is 8.01. The summed E-state index contributed by atoms with van der Waals surface area (Å²) in [6.07, 6.45) is 3.08. The van der Waals surface area contributed by atoms with E-state index in [1.807, 2.05) is 22.6 Å². The average molecular weight is 702 g/mol. The molecule has 4 N–H and O–H groups in total. The van der Waals surface area contributed by atoms with Crippen LogP contribution >= 0.6 is 34.2 Å². The zero-order chi connectivity index (χ0) is 28.8. The van der Waals surface area contributed by atoms with Gasteiger partial charge in [0.1, 0.15) is 28.0 Å². The molecule has 1 amide bonds. The Hall–Kier alpha value is -2.88. The Morgan fingerprint density at radius 2 is 1.88 bits per heavy atom. The molecule has 0 atom stereocenters. The highest BCUT2D eigenvalue weighted by molar-refractivity contribution is 14.1. The van der Waals surface area contributed by atoms with E-state index in [0.717, 1.165) is 25.7 Å². The smallest absolute Gasteiger partial charge is 0.298 e. The van der Waals surface area contributed by atoms with Crippen LogP contribution in [0.1, 0.15) is 47.5 Å². The molecule has 2 fully saturated rings. The first-order valence-corrected chi connectivity index (χ1v) is 15.4. The first-order valence-electron chi connectivity index (χ1n) is 12.5. The standard InChI is InChI=1S/C26H26ClFIN5O5S/c1-30-40(37,38)33-18-4-3-5-19(22(18)27)39-23-20(13-6-7-13)26(36)34(2)24(21(23)25(35)31-15-9-10-15)32-17-11-8-14(29)12-16(17)28/h3-5,8,11-13,15,30,32-33H,6-7,9-10H2,1-2H3,(H,31,35). The van der Waals surface area contributed by atoms with E-state index in [0.29, 0.717) is 9.13 Å². The zero-order valence-electron chi connectivity index (χ0n) is 21.5. The van der Waals surface area contributed by atoms with Crippen LogP contribution < -0.4 is 30.4 Å². The van der Waals surface area contributed by atoms with Gasteiger partial charge in [-0.05, 0) is 84.5 Å². The number of nitrogens with zero attached hydrogens (tertiary/aromatic N) is 1. The number of aromatic nitrogens is 1. The molecule has 0 aliphatic heterocycles. The predicted octanol–water partition coefficient (Wildman–Crippen LogP) is 4.96. The number of amides is 1. The molecule has 2 saturated carbocycles. The van der Waals surface area contributed by atoms with Crippen LogP contribution in [-0.4, -0.2) is 32.0 Å². The van der Waals surface area contributed by atoms with Crippen LogP contribution in [0.5, 0.6) is 11.5 Å². The second-order valence-corrected chi connectivity index (χ2v) is 12.9.